The van der Waals surface area contributed by atoms with Gasteiger partial charge in [-0.25, -0.2) is 0 Å². The molecule has 1 saturated carbocycles. The topological polar surface area (TPSA) is 61.8 Å². The van der Waals surface area contributed by atoms with Crippen molar-refractivity contribution >= 4 is 0 Å². The summed E-state index contributed by atoms with van der Waals surface area (Å²) in [6.45, 7) is 0. The highest BCUT2D eigenvalue weighted by Gasteiger charge is 2.24. The van der Waals surface area contributed by atoms with Crippen LogP contribution in [0.25, 0.3) is 0 Å². The number of hydrogen-bond donors (Lipinski definition) is 2. The van der Waals surface area contributed by atoms with Crippen LogP contribution < -0.4 is 0 Å². The minimum atomic E-state index is -0.418. The van der Waals surface area contributed by atoms with Crippen LogP contribution in [0.1, 0.15) is 43.9 Å². The minimum absolute atomic E-state index is 0.388. The van der Waals surface area contributed by atoms with Gasteiger partial charge in [0.15, 0.2) is 0 Å². The quantitative estimate of drug-likeness (QED) is 0.725. The van der Waals surface area contributed by atoms with Crippen LogP contribution in [0.15, 0.2) is 6.20 Å². The highest BCUT2D eigenvalue weighted by atomic mass is 16.3. The predicted molar refractivity (Wildman–Crippen MR) is 47.9 cm³/mol. The summed E-state index contributed by atoms with van der Waals surface area (Å²) in [7, 11) is 0. The van der Waals surface area contributed by atoms with E-state index in [1.54, 1.807) is 6.20 Å². The van der Waals surface area contributed by atoms with Crippen molar-refractivity contribution in [2.45, 2.75) is 38.2 Å². The summed E-state index contributed by atoms with van der Waals surface area (Å²) >= 11 is 0. The average molecular weight is 181 g/mol. The monoisotopic (exact) mass is 181 g/mol. The first-order chi connectivity index (χ1) is 6.38. The normalized spacial score (nSPS) is 21.6. The summed E-state index contributed by atoms with van der Waals surface area (Å²) in [6, 6.07) is 0. The molecule has 1 fully saturated rings. The Morgan fingerprint density at radius 2 is 2.15 bits per heavy atom. The Labute approximate surface area is 77.4 Å². The standard InChI is InChI=1S/C9H15N3O/c13-9(8-6-10-12-11-8)7-4-2-1-3-5-7/h6-7,9,13H,1-5H2,(H,10,11,12). The van der Waals surface area contributed by atoms with Crippen molar-refractivity contribution in [2.75, 3.05) is 0 Å². The van der Waals surface area contributed by atoms with Crippen molar-refractivity contribution in [3.8, 4) is 0 Å². The molecule has 0 saturated heterocycles. The van der Waals surface area contributed by atoms with Gasteiger partial charge in [-0.1, -0.05) is 19.3 Å². The van der Waals surface area contributed by atoms with Crippen LogP contribution in [-0.4, -0.2) is 20.5 Å². The van der Waals surface area contributed by atoms with Crippen LogP contribution in [0, 0.1) is 5.92 Å². The average Bonchev–Trinajstić information content (AvgIpc) is 2.71. The minimum Gasteiger partial charge on any atom is -0.386 e. The number of hydrogen-bond acceptors (Lipinski definition) is 3. The summed E-state index contributed by atoms with van der Waals surface area (Å²) < 4.78 is 0. The molecule has 1 aromatic rings. The van der Waals surface area contributed by atoms with Crippen LogP contribution in [0.4, 0.5) is 0 Å². The fourth-order valence-corrected chi connectivity index (χ4v) is 2.04. The number of aromatic amines is 1. The van der Waals surface area contributed by atoms with Crippen molar-refractivity contribution in [2.24, 2.45) is 5.92 Å². The van der Waals surface area contributed by atoms with Gasteiger partial charge in [0.25, 0.3) is 0 Å². The van der Waals surface area contributed by atoms with Gasteiger partial charge < -0.3 is 5.11 Å². The number of nitrogens with one attached hydrogen (secondary N) is 1. The molecule has 4 heteroatoms. The molecule has 1 aromatic heterocycles. The predicted octanol–water partition coefficient (Wildman–Crippen LogP) is 1.42. The molecule has 1 heterocycles. The molecule has 0 aromatic carbocycles. The molecule has 0 amide bonds. The summed E-state index contributed by atoms with van der Waals surface area (Å²) in [5.41, 5.74) is 0.687. The van der Waals surface area contributed by atoms with Gasteiger partial charge in [-0.2, -0.15) is 15.4 Å². The molecule has 0 radical (unpaired) electrons. The van der Waals surface area contributed by atoms with Crippen molar-refractivity contribution in [3.05, 3.63) is 11.9 Å². The van der Waals surface area contributed by atoms with E-state index >= 15 is 0 Å². The molecule has 0 spiro atoms. The molecule has 2 rings (SSSR count). The number of aromatic nitrogens is 3. The van der Waals surface area contributed by atoms with E-state index in [-0.39, 0.29) is 0 Å². The van der Waals surface area contributed by atoms with Gasteiger partial charge in [0.2, 0.25) is 0 Å². The molecule has 13 heavy (non-hydrogen) atoms. The zero-order chi connectivity index (χ0) is 9.10. The van der Waals surface area contributed by atoms with Crippen molar-refractivity contribution in [3.63, 3.8) is 0 Å². The van der Waals surface area contributed by atoms with Crippen LogP contribution in [0.2, 0.25) is 0 Å². The van der Waals surface area contributed by atoms with E-state index in [2.05, 4.69) is 15.4 Å². The SMILES string of the molecule is OC(c1cn[nH]n1)C1CCCCC1. The van der Waals surface area contributed by atoms with Gasteiger partial charge >= 0.3 is 0 Å². The molecule has 1 unspecified atom stereocenters. The van der Waals surface area contributed by atoms with Crippen LogP contribution in [-0.2, 0) is 0 Å². The first-order valence-electron chi connectivity index (χ1n) is 4.91. The van der Waals surface area contributed by atoms with E-state index in [0.717, 1.165) is 12.8 Å². The van der Waals surface area contributed by atoms with E-state index in [4.69, 9.17) is 0 Å². The molecule has 0 bridgehead atoms. The van der Waals surface area contributed by atoms with Gasteiger partial charge in [0.05, 0.1) is 6.20 Å². The zero-order valence-corrected chi connectivity index (χ0v) is 7.61. The Kier molecular flexibility index (Phi) is 2.59. The number of rotatable bonds is 2. The Balaban J connectivity index is 1.99. The van der Waals surface area contributed by atoms with Gasteiger partial charge in [-0.05, 0) is 18.8 Å². The van der Waals surface area contributed by atoms with Crippen molar-refractivity contribution in [1.29, 1.82) is 0 Å². The third kappa shape index (κ3) is 1.88. The smallest absolute Gasteiger partial charge is 0.111 e. The number of nitrogens with zero attached hydrogens (tertiary/aromatic N) is 2. The first kappa shape index (κ1) is 8.69. The summed E-state index contributed by atoms with van der Waals surface area (Å²) in [5, 5.41) is 20.0. The Hall–Kier alpha value is -0.900. The summed E-state index contributed by atoms with van der Waals surface area (Å²) in [4.78, 5) is 0. The van der Waals surface area contributed by atoms with Crippen LogP contribution in [0.3, 0.4) is 0 Å². The molecule has 72 valence electrons. The van der Waals surface area contributed by atoms with Gasteiger partial charge in [-0.15, -0.1) is 0 Å². The summed E-state index contributed by atoms with van der Waals surface area (Å²) in [6.07, 6.45) is 7.21. The third-order valence-corrected chi connectivity index (χ3v) is 2.83. The van der Waals surface area contributed by atoms with E-state index < -0.39 is 6.10 Å². The van der Waals surface area contributed by atoms with Gasteiger partial charge in [0.1, 0.15) is 11.8 Å². The van der Waals surface area contributed by atoms with E-state index in [1.165, 1.54) is 19.3 Å². The van der Waals surface area contributed by atoms with E-state index in [9.17, 15) is 5.11 Å². The Morgan fingerprint density at radius 3 is 2.77 bits per heavy atom. The molecule has 2 N–H and O–H groups in total. The Bertz CT molecular complexity index is 241. The maximum Gasteiger partial charge on any atom is 0.111 e. The van der Waals surface area contributed by atoms with Gasteiger partial charge in [0, 0.05) is 0 Å². The molecule has 1 aliphatic carbocycles. The van der Waals surface area contributed by atoms with Crippen molar-refractivity contribution < 1.29 is 5.11 Å². The lowest BCUT2D eigenvalue weighted by Crippen LogP contribution is -2.16. The van der Waals surface area contributed by atoms with Crippen LogP contribution >= 0.6 is 0 Å². The highest BCUT2D eigenvalue weighted by molar-refractivity contribution is 4.98. The Morgan fingerprint density at radius 1 is 1.38 bits per heavy atom. The number of aliphatic hydroxyl groups is 1. The van der Waals surface area contributed by atoms with E-state index in [1.807, 2.05) is 0 Å². The number of aliphatic hydroxyl groups excluding tert-OH is 1. The second-order valence-electron chi connectivity index (χ2n) is 3.74. The fraction of sp³-hybridized carbons (Fsp3) is 0.778. The molecular weight excluding hydrogens is 166 g/mol. The molecular formula is C9H15N3O. The van der Waals surface area contributed by atoms with Gasteiger partial charge in [-0.3, -0.25) is 0 Å². The molecule has 4 nitrogen and oxygen atoms in total. The lowest BCUT2D eigenvalue weighted by atomic mass is 9.84. The maximum absolute atomic E-state index is 9.91. The zero-order valence-electron chi connectivity index (χ0n) is 7.61. The lowest BCUT2D eigenvalue weighted by Gasteiger charge is -2.24. The first-order valence-corrected chi connectivity index (χ1v) is 4.91. The largest absolute Gasteiger partial charge is 0.386 e. The maximum atomic E-state index is 9.91. The lowest BCUT2D eigenvalue weighted by molar-refractivity contribution is 0.0811. The van der Waals surface area contributed by atoms with E-state index in [0.29, 0.717) is 11.6 Å². The number of H-pyrrole nitrogens is 1. The fourth-order valence-electron chi connectivity index (χ4n) is 2.04. The molecule has 1 atom stereocenters. The third-order valence-electron chi connectivity index (χ3n) is 2.83. The second-order valence-corrected chi connectivity index (χ2v) is 3.74. The molecule has 1 aliphatic rings. The highest BCUT2D eigenvalue weighted by Crippen LogP contribution is 2.32. The second kappa shape index (κ2) is 3.87. The van der Waals surface area contributed by atoms with Crippen LogP contribution in [0.5, 0.6) is 0 Å². The van der Waals surface area contributed by atoms with Crippen molar-refractivity contribution in [1.82, 2.24) is 15.4 Å². The molecule has 0 aliphatic heterocycles. The summed E-state index contributed by atoms with van der Waals surface area (Å²) in [5.74, 6) is 0.388.